The van der Waals surface area contributed by atoms with Crippen LogP contribution in [0.15, 0.2) is 134 Å². The highest BCUT2D eigenvalue weighted by Crippen LogP contribution is 2.29. The maximum absolute atomic E-state index is 4.89. The SMILES string of the molecule is Cc1ccc(C2=CC3=CC4=NC(=CC5=NC(=CC6=NC(=CC2=N3)C=C6)C=C5)C=C4)cc1. The molecule has 0 aliphatic carbocycles. The van der Waals surface area contributed by atoms with E-state index in [2.05, 4.69) is 42.3 Å². The van der Waals surface area contributed by atoms with Crippen LogP contribution < -0.4 is 0 Å². The lowest BCUT2D eigenvalue weighted by atomic mass is 10.00. The van der Waals surface area contributed by atoms with Crippen molar-refractivity contribution in [2.75, 3.05) is 0 Å². The Kier molecular flexibility index (Phi) is 3.96. The summed E-state index contributed by atoms with van der Waals surface area (Å²) in [5, 5.41) is 0. The van der Waals surface area contributed by atoms with E-state index in [9.17, 15) is 0 Å². The number of aliphatic imine (C=N–C) groups is 4. The molecule has 1 aromatic carbocycles. The predicted octanol–water partition coefficient (Wildman–Crippen LogP) is 5.41. The minimum absolute atomic E-state index is 0.878. The Balaban J connectivity index is 1.50. The van der Waals surface area contributed by atoms with Crippen LogP contribution in [0.3, 0.4) is 0 Å². The molecule has 0 saturated heterocycles. The summed E-state index contributed by atoms with van der Waals surface area (Å²) in [4.78, 5) is 19.0. The van der Waals surface area contributed by atoms with E-state index in [-0.39, 0.29) is 0 Å². The number of hydrogen-bond acceptors (Lipinski definition) is 4. The number of rotatable bonds is 1. The van der Waals surface area contributed by atoms with E-state index in [0.717, 1.165) is 56.8 Å². The molecular weight excluding hydrogens is 380 g/mol. The second-order valence-electron chi connectivity index (χ2n) is 7.81. The third-order valence-corrected chi connectivity index (χ3v) is 5.40. The summed E-state index contributed by atoms with van der Waals surface area (Å²) in [6.07, 6.45) is 22.2. The monoisotopic (exact) mass is 398 g/mol. The lowest BCUT2D eigenvalue weighted by molar-refractivity contribution is 1.41. The van der Waals surface area contributed by atoms with Gasteiger partial charge in [0.05, 0.1) is 45.6 Å². The molecule has 146 valence electrons. The van der Waals surface area contributed by atoms with Crippen molar-refractivity contribution in [2.45, 2.75) is 6.92 Å². The highest BCUT2D eigenvalue weighted by atomic mass is 14.8. The molecule has 0 unspecified atom stereocenters. The Labute approximate surface area is 180 Å². The predicted molar refractivity (Wildman–Crippen MR) is 129 cm³/mol. The highest BCUT2D eigenvalue weighted by Gasteiger charge is 2.18. The van der Waals surface area contributed by atoms with E-state index < -0.39 is 0 Å². The van der Waals surface area contributed by atoms with E-state index in [4.69, 9.17) is 15.0 Å². The maximum atomic E-state index is 4.89. The van der Waals surface area contributed by atoms with Crippen LogP contribution in [0.5, 0.6) is 0 Å². The number of aryl methyl sites for hydroxylation is 1. The molecular formula is C27H18N4. The van der Waals surface area contributed by atoms with Crippen LogP contribution in [0.2, 0.25) is 0 Å². The largest absolute Gasteiger partial charge is 0.249 e. The molecule has 4 heteroatoms. The summed E-state index contributed by atoms with van der Waals surface area (Å²) in [5.74, 6) is 0. The van der Waals surface area contributed by atoms with Gasteiger partial charge in [-0.15, -0.1) is 0 Å². The van der Waals surface area contributed by atoms with Crippen LogP contribution in [0, 0.1) is 6.92 Å². The number of nitrogens with zero attached hydrogens (tertiary/aromatic N) is 4. The number of benzene rings is 1. The first-order valence-electron chi connectivity index (χ1n) is 10.2. The third kappa shape index (κ3) is 3.49. The van der Waals surface area contributed by atoms with Gasteiger partial charge in [-0.2, -0.15) is 0 Å². The standard InChI is InChI=1S/C27H18N4/c1-17-2-4-18(5-3-17)26-15-25-14-23-9-8-21(29-23)12-19-6-7-20(28-19)13-22-10-11-24(30-22)16-27(26)31-25/h2-16H,1H3. The molecule has 6 rings (SSSR count). The summed E-state index contributed by atoms with van der Waals surface area (Å²) in [6, 6.07) is 8.53. The van der Waals surface area contributed by atoms with Crippen molar-refractivity contribution in [1.29, 1.82) is 0 Å². The van der Waals surface area contributed by atoms with Gasteiger partial charge in [0.25, 0.3) is 0 Å². The van der Waals surface area contributed by atoms with Crippen LogP contribution in [0.1, 0.15) is 11.1 Å². The van der Waals surface area contributed by atoms with E-state index in [1.54, 1.807) is 0 Å². The van der Waals surface area contributed by atoms with Crippen LogP contribution in [0.25, 0.3) is 5.57 Å². The summed E-state index contributed by atoms with van der Waals surface area (Å²) in [5.41, 5.74) is 10.5. The smallest absolute Gasteiger partial charge is 0.0737 e. The molecule has 4 nitrogen and oxygen atoms in total. The second-order valence-corrected chi connectivity index (χ2v) is 7.81. The lowest BCUT2D eigenvalue weighted by Crippen LogP contribution is -1.96. The molecule has 0 spiro atoms. The minimum atomic E-state index is 0.878. The fourth-order valence-corrected chi connectivity index (χ4v) is 3.86. The molecule has 0 aromatic heterocycles. The van der Waals surface area contributed by atoms with Crippen LogP contribution in [-0.2, 0) is 0 Å². The van der Waals surface area contributed by atoms with E-state index in [0.29, 0.717) is 0 Å². The van der Waals surface area contributed by atoms with Crippen LogP contribution >= 0.6 is 0 Å². The van der Waals surface area contributed by atoms with Gasteiger partial charge >= 0.3 is 0 Å². The second kappa shape index (κ2) is 6.96. The highest BCUT2D eigenvalue weighted by molar-refractivity contribution is 6.32. The number of fused-ring (bicyclic) bond motifs is 4. The van der Waals surface area contributed by atoms with Gasteiger partial charge < -0.3 is 0 Å². The minimum Gasteiger partial charge on any atom is -0.249 e. The van der Waals surface area contributed by atoms with E-state index in [1.165, 1.54) is 5.56 Å². The van der Waals surface area contributed by atoms with Crippen LogP contribution in [-0.4, -0.2) is 22.8 Å². The maximum Gasteiger partial charge on any atom is 0.0737 e. The van der Waals surface area contributed by atoms with Gasteiger partial charge in [0.15, 0.2) is 0 Å². The first-order valence-corrected chi connectivity index (χ1v) is 10.2. The van der Waals surface area contributed by atoms with E-state index in [1.807, 2.05) is 60.8 Å². The summed E-state index contributed by atoms with van der Waals surface area (Å²) >= 11 is 0. The summed E-state index contributed by atoms with van der Waals surface area (Å²) in [7, 11) is 0. The zero-order chi connectivity index (χ0) is 20.8. The molecule has 0 N–H and O–H groups in total. The topological polar surface area (TPSA) is 49.4 Å². The van der Waals surface area contributed by atoms with Crippen LogP contribution in [0.4, 0.5) is 0 Å². The summed E-state index contributed by atoms with van der Waals surface area (Å²) < 4.78 is 0. The molecule has 5 heterocycles. The van der Waals surface area contributed by atoms with Gasteiger partial charge in [0.1, 0.15) is 0 Å². The molecule has 0 fully saturated rings. The zero-order valence-corrected chi connectivity index (χ0v) is 16.9. The van der Waals surface area contributed by atoms with Crippen molar-refractivity contribution in [2.24, 2.45) is 20.0 Å². The molecule has 0 atom stereocenters. The third-order valence-electron chi connectivity index (χ3n) is 5.40. The van der Waals surface area contributed by atoms with Crippen molar-refractivity contribution in [3.8, 4) is 0 Å². The fraction of sp³-hybridized carbons (Fsp3) is 0.0370. The van der Waals surface area contributed by atoms with Gasteiger partial charge in [-0.3, -0.25) is 0 Å². The number of hydrogen-bond donors (Lipinski definition) is 0. The summed E-state index contributed by atoms with van der Waals surface area (Å²) in [6.45, 7) is 2.10. The Morgan fingerprint density at radius 1 is 0.484 bits per heavy atom. The molecule has 0 radical (unpaired) electrons. The number of allylic oxidation sites excluding steroid dienone is 12. The molecule has 8 bridgehead atoms. The average molecular weight is 398 g/mol. The quantitative estimate of drug-likeness (QED) is 0.607. The van der Waals surface area contributed by atoms with Crippen molar-refractivity contribution in [3.63, 3.8) is 0 Å². The fourth-order valence-electron chi connectivity index (χ4n) is 3.86. The molecule has 0 amide bonds. The first kappa shape index (κ1) is 17.7. The Morgan fingerprint density at radius 2 is 1.00 bits per heavy atom. The Hall–Kier alpha value is -4.18. The molecule has 5 aliphatic rings. The lowest BCUT2D eigenvalue weighted by Gasteiger charge is -2.04. The Bertz CT molecular complexity index is 1390. The van der Waals surface area contributed by atoms with Gasteiger partial charge in [0.2, 0.25) is 0 Å². The van der Waals surface area contributed by atoms with Crippen molar-refractivity contribution >= 4 is 28.4 Å². The Morgan fingerprint density at radius 3 is 1.58 bits per heavy atom. The normalized spacial score (nSPS) is 20.5. The molecule has 5 aliphatic heterocycles. The van der Waals surface area contributed by atoms with Gasteiger partial charge in [-0.05, 0) is 79.3 Å². The van der Waals surface area contributed by atoms with Gasteiger partial charge in [0, 0.05) is 5.57 Å². The van der Waals surface area contributed by atoms with Crippen molar-refractivity contribution in [3.05, 3.63) is 125 Å². The first-order chi connectivity index (χ1) is 15.2. The average Bonchev–Trinajstić information content (AvgIpc) is 3.54. The molecule has 1 aromatic rings. The molecule has 31 heavy (non-hydrogen) atoms. The van der Waals surface area contributed by atoms with Crippen molar-refractivity contribution in [1.82, 2.24) is 0 Å². The van der Waals surface area contributed by atoms with Crippen molar-refractivity contribution < 1.29 is 0 Å². The van der Waals surface area contributed by atoms with Gasteiger partial charge in [-0.1, -0.05) is 29.8 Å². The molecule has 0 saturated carbocycles. The van der Waals surface area contributed by atoms with E-state index >= 15 is 0 Å². The zero-order valence-electron chi connectivity index (χ0n) is 16.9. The van der Waals surface area contributed by atoms with Gasteiger partial charge in [-0.25, -0.2) is 20.0 Å².